The summed E-state index contributed by atoms with van der Waals surface area (Å²) in [4.78, 5) is 24.5. The van der Waals surface area contributed by atoms with Gasteiger partial charge in [-0.1, -0.05) is 37.6 Å². The van der Waals surface area contributed by atoms with Crippen LogP contribution in [0.15, 0.2) is 42.5 Å². The Balaban J connectivity index is 1.98. The summed E-state index contributed by atoms with van der Waals surface area (Å²) in [6.45, 7) is 6.52. The maximum Gasteiger partial charge on any atom is 0.262 e. The van der Waals surface area contributed by atoms with E-state index in [0.29, 0.717) is 23.5 Å². The summed E-state index contributed by atoms with van der Waals surface area (Å²) >= 11 is 0. The standard InChI is InChI=1S/C21H26N2O3/c1-4-5-13-22-21(25)17-10-6-7-11-18(17)23-20(24)14-26-19-12-8-9-15(2)16(19)3/h6-12H,4-5,13-14H2,1-3H3,(H,22,25)(H,23,24). The number of nitrogens with one attached hydrogen (secondary N) is 2. The van der Waals surface area contributed by atoms with Crippen molar-refractivity contribution in [2.75, 3.05) is 18.5 Å². The zero-order chi connectivity index (χ0) is 18.9. The van der Waals surface area contributed by atoms with Crippen LogP contribution in [0.5, 0.6) is 5.75 Å². The minimum absolute atomic E-state index is 0.115. The molecule has 2 aromatic carbocycles. The van der Waals surface area contributed by atoms with E-state index >= 15 is 0 Å². The van der Waals surface area contributed by atoms with Gasteiger partial charge in [-0.05, 0) is 49.6 Å². The third-order valence-electron chi connectivity index (χ3n) is 4.18. The van der Waals surface area contributed by atoms with E-state index in [0.717, 1.165) is 24.0 Å². The number of anilines is 1. The Morgan fingerprint density at radius 3 is 2.58 bits per heavy atom. The lowest BCUT2D eigenvalue weighted by Crippen LogP contribution is -2.27. The van der Waals surface area contributed by atoms with Gasteiger partial charge in [-0.15, -0.1) is 0 Å². The molecule has 138 valence electrons. The molecule has 2 N–H and O–H groups in total. The monoisotopic (exact) mass is 354 g/mol. The molecule has 2 aromatic rings. The lowest BCUT2D eigenvalue weighted by Gasteiger charge is -2.13. The van der Waals surface area contributed by atoms with E-state index < -0.39 is 0 Å². The van der Waals surface area contributed by atoms with E-state index in [2.05, 4.69) is 17.6 Å². The van der Waals surface area contributed by atoms with Crippen LogP contribution >= 0.6 is 0 Å². The predicted molar refractivity (Wildman–Crippen MR) is 104 cm³/mol. The lowest BCUT2D eigenvalue weighted by molar-refractivity contribution is -0.118. The molecule has 0 aliphatic carbocycles. The molecule has 0 atom stereocenters. The third-order valence-corrected chi connectivity index (χ3v) is 4.18. The maximum absolute atomic E-state index is 12.3. The maximum atomic E-state index is 12.3. The molecular weight excluding hydrogens is 328 g/mol. The summed E-state index contributed by atoms with van der Waals surface area (Å²) in [5.41, 5.74) is 3.05. The van der Waals surface area contributed by atoms with Gasteiger partial charge in [0.1, 0.15) is 5.75 Å². The van der Waals surface area contributed by atoms with Gasteiger partial charge in [0.2, 0.25) is 0 Å². The molecular formula is C21H26N2O3. The first-order valence-corrected chi connectivity index (χ1v) is 8.89. The molecule has 0 unspecified atom stereocenters. The molecule has 0 heterocycles. The topological polar surface area (TPSA) is 67.4 Å². The molecule has 2 rings (SSSR count). The highest BCUT2D eigenvalue weighted by Crippen LogP contribution is 2.20. The number of carbonyl (C=O) groups excluding carboxylic acids is 2. The van der Waals surface area contributed by atoms with Crippen LogP contribution in [0.4, 0.5) is 5.69 Å². The van der Waals surface area contributed by atoms with Crippen LogP contribution in [-0.2, 0) is 4.79 Å². The predicted octanol–water partition coefficient (Wildman–Crippen LogP) is 3.85. The van der Waals surface area contributed by atoms with E-state index in [-0.39, 0.29) is 18.4 Å². The number of benzene rings is 2. The van der Waals surface area contributed by atoms with Crippen molar-refractivity contribution < 1.29 is 14.3 Å². The number of unbranched alkanes of at least 4 members (excludes halogenated alkanes) is 1. The summed E-state index contributed by atoms with van der Waals surface area (Å²) in [5.74, 6) is 0.190. The average molecular weight is 354 g/mol. The number of ether oxygens (including phenoxy) is 1. The molecule has 0 aliphatic rings. The number of rotatable bonds is 8. The summed E-state index contributed by atoms with van der Waals surface area (Å²) in [5, 5.41) is 5.62. The van der Waals surface area contributed by atoms with Gasteiger partial charge in [0.05, 0.1) is 11.3 Å². The number of amides is 2. The van der Waals surface area contributed by atoms with Gasteiger partial charge in [-0.3, -0.25) is 9.59 Å². The Labute approximate surface area is 154 Å². The second-order valence-corrected chi connectivity index (χ2v) is 6.19. The quantitative estimate of drug-likeness (QED) is 0.708. The van der Waals surface area contributed by atoms with Gasteiger partial charge >= 0.3 is 0 Å². The largest absolute Gasteiger partial charge is 0.483 e. The number of hydrogen-bond acceptors (Lipinski definition) is 3. The van der Waals surface area contributed by atoms with Crippen LogP contribution in [0.1, 0.15) is 41.3 Å². The molecule has 0 spiro atoms. The number of para-hydroxylation sites is 1. The Bertz CT molecular complexity index is 772. The van der Waals surface area contributed by atoms with E-state index in [9.17, 15) is 9.59 Å². The molecule has 5 nitrogen and oxygen atoms in total. The van der Waals surface area contributed by atoms with Crippen LogP contribution in [0.3, 0.4) is 0 Å². The molecule has 2 amide bonds. The SMILES string of the molecule is CCCCNC(=O)c1ccccc1NC(=O)COc1cccc(C)c1C. The van der Waals surface area contributed by atoms with Crippen LogP contribution < -0.4 is 15.4 Å². The zero-order valence-electron chi connectivity index (χ0n) is 15.6. The molecule has 0 saturated carbocycles. The Hall–Kier alpha value is -2.82. The van der Waals surface area contributed by atoms with Crippen molar-refractivity contribution in [1.82, 2.24) is 5.32 Å². The number of carbonyl (C=O) groups is 2. The van der Waals surface area contributed by atoms with E-state index in [1.165, 1.54) is 0 Å². The van der Waals surface area contributed by atoms with Gasteiger partial charge in [0.15, 0.2) is 6.61 Å². The van der Waals surface area contributed by atoms with E-state index in [4.69, 9.17) is 4.74 Å². The van der Waals surface area contributed by atoms with Crippen LogP contribution in [0.25, 0.3) is 0 Å². The minimum Gasteiger partial charge on any atom is -0.483 e. The van der Waals surface area contributed by atoms with Crippen molar-refractivity contribution in [1.29, 1.82) is 0 Å². The van der Waals surface area contributed by atoms with Gasteiger partial charge < -0.3 is 15.4 Å². The summed E-state index contributed by atoms with van der Waals surface area (Å²) in [6, 6.07) is 12.7. The Morgan fingerprint density at radius 1 is 1.04 bits per heavy atom. The fourth-order valence-electron chi connectivity index (χ4n) is 2.47. The molecule has 0 saturated heterocycles. The first-order valence-electron chi connectivity index (χ1n) is 8.89. The molecule has 26 heavy (non-hydrogen) atoms. The highest BCUT2D eigenvalue weighted by atomic mass is 16.5. The van der Waals surface area contributed by atoms with Gasteiger partial charge in [-0.25, -0.2) is 0 Å². The van der Waals surface area contributed by atoms with Crippen molar-refractivity contribution in [3.05, 3.63) is 59.2 Å². The average Bonchev–Trinajstić information content (AvgIpc) is 2.63. The number of hydrogen-bond donors (Lipinski definition) is 2. The van der Waals surface area contributed by atoms with Crippen LogP contribution in [-0.4, -0.2) is 25.0 Å². The smallest absolute Gasteiger partial charge is 0.262 e. The second kappa shape index (κ2) is 9.61. The van der Waals surface area contributed by atoms with Crippen molar-refractivity contribution in [3.63, 3.8) is 0 Å². The summed E-state index contributed by atoms with van der Waals surface area (Å²) < 4.78 is 5.62. The number of aryl methyl sites for hydroxylation is 1. The van der Waals surface area contributed by atoms with E-state index in [1.54, 1.807) is 24.3 Å². The van der Waals surface area contributed by atoms with Crippen molar-refractivity contribution in [3.8, 4) is 5.75 Å². The summed E-state index contributed by atoms with van der Waals surface area (Å²) in [6.07, 6.45) is 1.93. The summed E-state index contributed by atoms with van der Waals surface area (Å²) in [7, 11) is 0. The molecule has 5 heteroatoms. The van der Waals surface area contributed by atoms with Crippen LogP contribution in [0, 0.1) is 13.8 Å². The molecule has 0 radical (unpaired) electrons. The zero-order valence-corrected chi connectivity index (χ0v) is 15.6. The first kappa shape index (κ1) is 19.5. The first-order chi connectivity index (χ1) is 12.5. The lowest BCUT2D eigenvalue weighted by atomic mass is 10.1. The van der Waals surface area contributed by atoms with Gasteiger partial charge in [0.25, 0.3) is 11.8 Å². The van der Waals surface area contributed by atoms with Gasteiger partial charge in [-0.2, -0.15) is 0 Å². The highest BCUT2D eigenvalue weighted by Gasteiger charge is 2.13. The van der Waals surface area contributed by atoms with E-state index in [1.807, 2.05) is 32.0 Å². The highest BCUT2D eigenvalue weighted by molar-refractivity contribution is 6.04. The van der Waals surface area contributed by atoms with Crippen molar-refractivity contribution in [2.24, 2.45) is 0 Å². The Kier molecular flexibility index (Phi) is 7.21. The molecule has 0 fully saturated rings. The van der Waals surface area contributed by atoms with Crippen molar-refractivity contribution in [2.45, 2.75) is 33.6 Å². The fourth-order valence-corrected chi connectivity index (χ4v) is 2.47. The molecule has 0 aromatic heterocycles. The van der Waals surface area contributed by atoms with Gasteiger partial charge in [0, 0.05) is 6.54 Å². The van der Waals surface area contributed by atoms with Crippen molar-refractivity contribution >= 4 is 17.5 Å². The van der Waals surface area contributed by atoms with Crippen LogP contribution in [0.2, 0.25) is 0 Å². The molecule has 0 bridgehead atoms. The minimum atomic E-state index is -0.306. The third kappa shape index (κ3) is 5.34. The Morgan fingerprint density at radius 2 is 1.81 bits per heavy atom. The normalized spacial score (nSPS) is 10.3. The second-order valence-electron chi connectivity index (χ2n) is 6.19. The fraction of sp³-hybridized carbons (Fsp3) is 0.333. The molecule has 0 aliphatic heterocycles.